The summed E-state index contributed by atoms with van der Waals surface area (Å²) in [4.78, 5) is 37.9. The fourth-order valence-electron chi connectivity index (χ4n) is 1.66. The molecule has 11 heteroatoms. The second-order valence-corrected chi connectivity index (χ2v) is 7.61. The number of carbonyl (C=O) groups is 2. The monoisotopic (exact) mass is 445 g/mol. The molecule has 0 saturated carbocycles. The summed E-state index contributed by atoms with van der Waals surface area (Å²) in [6, 6.07) is 5.70. The SMILES string of the molecule is Cc1cc(Br)ccc1SCC(=O)OCC(=O)Nc1ncc([N+](=O)[O-])s1. The van der Waals surface area contributed by atoms with Gasteiger partial charge in [0.05, 0.1) is 10.7 Å². The van der Waals surface area contributed by atoms with Crippen LogP contribution in [0.1, 0.15) is 5.56 Å². The molecule has 1 amide bonds. The van der Waals surface area contributed by atoms with Crippen molar-refractivity contribution in [1.29, 1.82) is 0 Å². The first-order valence-electron chi connectivity index (χ1n) is 6.80. The first-order chi connectivity index (χ1) is 11.8. The van der Waals surface area contributed by atoms with Crippen LogP contribution < -0.4 is 5.32 Å². The van der Waals surface area contributed by atoms with Crippen LogP contribution in [0.2, 0.25) is 0 Å². The van der Waals surface area contributed by atoms with Crippen LogP contribution in [-0.2, 0) is 14.3 Å². The molecule has 0 fully saturated rings. The molecular weight excluding hydrogens is 434 g/mol. The number of rotatable bonds is 7. The number of halogens is 1. The smallest absolute Gasteiger partial charge is 0.345 e. The van der Waals surface area contributed by atoms with Gasteiger partial charge in [0.15, 0.2) is 11.7 Å². The van der Waals surface area contributed by atoms with Gasteiger partial charge in [0.25, 0.3) is 5.91 Å². The summed E-state index contributed by atoms with van der Waals surface area (Å²) < 4.78 is 5.83. The number of nitrogens with one attached hydrogen (secondary N) is 1. The molecule has 0 spiro atoms. The lowest BCUT2D eigenvalue weighted by atomic mass is 10.2. The molecule has 0 saturated heterocycles. The second-order valence-electron chi connectivity index (χ2n) is 4.67. The summed E-state index contributed by atoms with van der Waals surface area (Å²) in [6.07, 6.45) is 1.05. The van der Waals surface area contributed by atoms with Crippen LogP contribution in [0.25, 0.3) is 0 Å². The minimum atomic E-state index is -0.609. The zero-order valence-electron chi connectivity index (χ0n) is 12.9. The van der Waals surface area contributed by atoms with Crippen molar-refractivity contribution in [2.24, 2.45) is 0 Å². The fraction of sp³-hybridized carbons (Fsp3) is 0.214. The highest BCUT2D eigenvalue weighted by Gasteiger charge is 2.14. The zero-order chi connectivity index (χ0) is 18.4. The normalized spacial score (nSPS) is 10.3. The standard InChI is InChI=1S/C14H12BrN3O5S2/c1-8-4-9(15)2-3-10(8)24-7-13(20)23-6-11(19)17-14-16-5-12(25-14)18(21)22/h2-5H,6-7H2,1H3,(H,16,17,19). The van der Waals surface area contributed by atoms with Gasteiger partial charge in [-0.05, 0) is 42.0 Å². The van der Waals surface area contributed by atoms with Gasteiger partial charge in [0.1, 0.15) is 6.20 Å². The molecule has 0 aliphatic heterocycles. The van der Waals surface area contributed by atoms with Gasteiger partial charge in [-0.25, -0.2) is 4.98 Å². The molecule has 2 aromatic rings. The van der Waals surface area contributed by atoms with Crippen molar-refractivity contribution in [3.8, 4) is 0 Å². The lowest BCUT2D eigenvalue weighted by Crippen LogP contribution is -2.21. The van der Waals surface area contributed by atoms with Crippen molar-refractivity contribution in [2.45, 2.75) is 11.8 Å². The lowest BCUT2D eigenvalue weighted by molar-refractivity contribution is -0.380. The number of anilines is 1. The number of hydrogen-bond donors (Lipinski definition) is 1. The average molecular weight is 446 g/mol. The highest BCUT2D eigenvalue weighted by molar-refractivity contribution is 9.10. The van der Waals surface area contributed by atoms with E-state index in [2.05, 4.69) is 26.2 Å². The molecule has 132 valence electrons. The molecule has 1 N–H and O–H groups in total. The van der Waals surface area contributed by atoms with Crippen LogP contribution in [0.15, 0.2) is 33.8 Å². The molecule has 1 aromatic heterocycles. The molecule has 1 aromatic carbocycles. The Morgan fingerprint density at radius 3 is 2.88 bits per heavy atom. The van der Waals surface area contributed by atoms with E-state index >= 15 is 0 Å². The average Bonchev–Trinajstić information content (AvgIpc) is 3.01. The van der Waals surface area contributed by atoms with Gasteiger partial charge in [0.2, 0.25) is 0 Å². The van der Waals surface area contributed by atoms with Crippen LogP contribution >= 0.6 is 39.0 Å². The molecule has 8 nitrogen and oxygen atoms in total. The first kappa shape index (κ1) is 19.3. The summed E-state index contributed by atoms with van der Waals surface area (Å²) in [5.41, 5.74) is 1.02. The van der Waals surface area contributed by atoms with Gasteiger partial charge in [-0.3, -0.25) is 25.0 Å². The van der Waals surface area contributed by atoms with Gasteiger partial charge < -0.3 is 4.74 Å². The van der Waals surface area contributed by atoms with Crippen LogP contribution in [0.3, 0.4) is 0 Å². The van der Waals surface area contributed by atoms with Crippen molar-refractivity contribution in [1.82, 2.24) is 4.98 Å². The van der Waals surface area contributed by atoms with Crippen molar-refractivity contribution in [2.75, 3.05) is 17.7 Å². The van der Waals surface area contributed by atoms with Gasteiger partial charge in [-0.15, -0.1) is 11.8 Å². The van der Waals surface area contributed by atoms with E-state index in [9.17, 15) is 19.7 Å². The lowest BCUT2D eigenvalue weighted by Gasteiger charge is -2.07. The zero-order valence-corrected chi connectivity index (χ0v) is 16.1. The summed E-state index contributed by atoms with van der Waals surface area (Å²) >= 11 is 5.40. The number of aromatic nitrogens is 1. The van der Waals surface area contributed by atoms with E-state index in [0.717, 1.165) is 32.5 Å². The maximum Gasteiger partial charge on any atom is 0.345 e. The molecule has 0 aliphatic rings. The maximum absolute atomic E-state index is 11.7. The quantitative estimate of drug-likeness (QED) is 0.300. The number of esters is 1. The molecule has 25 heavy (non-hydrogen) atoms. The number of thioether (sulfide) groups is 1. The third-order valence-electron chi connectivity index (χ3n) is 2.77. The van der Waals surface area contributed by atoms with Gasteiger partial charge in [0, 0.05) is 9.37 Å². The van der Waals surface area contributed by atoms with Crippen LogP contribution in [0.5, 0.6) is 0 Å². The Hall–Kier alpha value is -1.98. The van der Waals surface area contributed by atoms with E-state index in [4.69, 9.17) is 4.74 Å². The number of aryl methyl sites for hydroxylation is 1. The van der Waals surface area contributed by atoms with Crippen LogP contribution in [0, 0.1) is 17.0 Å². The highest BCUT2D eigenvalue weighted by atomic mass is 79.9. The predicted octanol–water partition coefficient (Wildman–Crippen LogP) is 3.40. The Balaban J connectivity index is 1.75. The minimum absolute atomic E-state index is 0.0679. The molecule has 0 aliphatic carbocycles. The third kappa shape index (κ3) is 6.11. The van der Waals surface area contributed by atoms with Crippen LogP contribution in [0.4, 0.5) is 10.1 Å². The van der Waals surface area contributed by atoms with Crippen LogP contribution in [-0.4, -0.2) is 34.1 Å². The number of amides is 1. The third-order valence-corrected chi connectivity index (χ3v) is 5.27. The van der Waals surface area contributed by atoms with Gasteiger partial charge in [-0.1, -0.05) is 15.9 Å². The minimum Gasteiger partial charge on any atom is -0.455 e. The maximum atomic E-state index is 11.7. The Morgan fingerprint density at radius 1 is 1.48 bits per heavy atom. The number of carbonyl (C=O) groups excluding carboxylic acids is 2. The van der Waals surface area contributed by atoms with E-state index in [1.807, 2.05) is 25.1 Å². The molecule has 1 heterocycles. The molecule has 0 unspecified atom stereocenters. The number of thiazole rings is 1. The van der Waals surface area contributed by atoms with Gasteiger partial charge in [-0.2, -0.15) is 0 Å². The van der Waals surface area contributed by atoms with Crippen molar-refractivity contribution >= 4 is 61.0 Å². The largest absolute Gasteiger partial charge is 0.455 e. The number of hydrogen-bond acceptors (Lipinski definition) is 8. The predicted molar refractivity (Wildman–Crippen MR) is 98.0 cm³/mol. The van der Waals surface area contributed by atoms with Crippen molar-refractivity contribution in [3.63, 3.8) is 0 Å². The van der Waals surface area contributed by atoms with Crippen molar-refractivity contribution < 1.29 is 19.2 Å². The fourth-order valence-corrected chi connectivity index (χ4v) is 3.59. The summed E-state index contributed by atoms with van der Waals surface area (Å²) in [7, 11) is 0. The molecular formula is C14H12BrN3O5S2. The topological polar surface area (TPSA) is 111 Å². The summed E-state index contributed by atoms with van der Waals surface area (Å²) in [5.74, 6) is -1.08. The van der Waals surface area contributed by atoms with E-state index in [1.165, 1.54) is 11.8 Å². The van der Waals surface area contributed by atoms with E-state index in [1.54, 1.807) is 0 Å². The molecule has 2 rings (SSSR count). The number of nitrogens with zero attached hydrogens (tertiary/aromatic N) is 2. The summed E-state index contributed by atoms with van der Waals surface area (Å²) in [6.45, 7) is 1.45. The first-order valence-corrected chi connectivity index (χ1v) is 9.39. The van der Waals surface area contributed by atoms with Crippen molar-refractivity contribution in [3.05, 3.63) is 44.5 Å². The summed E-state index contributed by atoms with van der Waals surface area (Å²) in [5, 5.41) is 12.8. The molecule has 0 radical (unpaired) electrons. The number of ether oxygens (including phenoxy) is 1. The van der Waals surface area contributed by atoms with Gasteiger partial charge >= 0.3 is 11.0 Å². The van der Waals surface area contributed by atoms with E-state index < -0.39 is 23.4 Å². The number of nitro groups is 1. The Bertz CT molecular complexity index is 812. The Morgan fingerprint density at radius 2 is 2.24 bits per heavy atom. The van der Waals surface area contributed by atoms with E-state index in [0.29, 0.717) is 0 Å². The molecule has 0 atom stereocenters. The van der Waals surface area contributed by atoms with E-state index in [-0.39, 0.29) is 15.9 Å². The second kappa shape index (κ2) is 8.92. The molecule has 0 bridgehead atoms. The Labute approximate surface area is 159 Å². The Kier molecular flexibility index (Phi) is 6.91. The number of benzene rings is 1. The highest BCUT2D eigenvalue weighted by Crippen LogP contribution is 2.26.